The summed E-state index contributed by atoms with van der Waals surface area (Å²) < 4.78 is 12.9. The maximum atomic E-state index is 5.97. The Bertz CT molecular complexity index is 785. The number of ether oxygens (including phenoxy) is 2. The Kier molecular flexibility index (Phi) is 8.99. The molecule has 0 unspecified atom stereocenters. The van der Waals surface area contributed by atoms with Crippen molar-refractivity contribution in [3.8, 4) is 5.69 Å². The van der Waals surface area contributed by atoms with Crippen LogP contribution in [0, 0.1) is 0 Å². The van der Waals surface area contributed by atoms with Crippen molar-refractivity contribution in [2.45, 2.75) is 38.8 Å². The van der Waals surface area contributed by atoms with Crippen LogP contribution in [0.5, 0.6) is 0 Å². The molecule has 1 aromatic heterocycles. The lowest BCUT2D eigenvalue weighted by molar-refractivity contribution is 0.00990. The summed E-state index contributed by atoms with van der Waals surface area (Å²) in [6.07, 6.45) is 7.19. The van der Waals surface area contributed by atoms with E-state index in [1.165, 1.54) is 0 Å². The molecule has 2 aromatic rings. The van der Waals surface area contributed by atoms with Gasteiger partial charge < -0.3 is 19.7 Å². The van der Waals surface area contributed by atoms with Crippen LogP contribution in [0.15, 0.2) is 41.7 Å². The van der Waals surface area contributed by atoms with Crippen LogP contribution in [0.1, 0.15) is 31.7 Å². The van der Waals surface area contributed by atoms with Crippen molar-refractivity contribution in [3.63, 3.8) is 0 Å². The predicted octanol–water partition coefficient (Wildman–Crippen LogP) is 3.51. The average molecular weight is 434 g/mol. The lowest BCUT2D eigenvalue weighted by Crippen LogP contribution is -2.47. The van der Waals surface area contributed by atoms with E-state index in [2.05, 4.69) is 22.2 Å². The minimum atomic E-state index is 0.332. The molecule has 30 heavy (non-hydrogen) atoms. The zero-order chi connectivity index (χ0) is 21.2. The molecule has 1 aliphatic rings. The number of halogens is 1. The molecule has 8 heteroatoms. The second kappa shape index (κ2) is 11.9. The van der Waals surface area contributed by atoms with Crippen LogP contribution in [0.3, 0.4) is 0 Å². The molecule has 3 rings (SSSR count). The van der Waals surface area contributed by atoms with Gasteiger partial charge in [-0.15, -0.1) is 0 Å². The third kappa shape index (κ3) is 6.72. The van der Waals surface area contributed by atoms with E-state index in [1.807, 2.05) is 41.3 Å². The largest absolute Gasteiger partial charge is 0.385 e. The number of aromatic nitrogens is 2. The molecular formula is C22H32ClN5O2. The molecule has 0 radical (unpaired) electrons. The van der Waals surface area contributed by atoms with Gasteiger partial charge >= 0.3 is 0 Å². The van der Waals surface area contributed by atoms with E-state index in [4.69, 9.17) is 26.1 Å². The quantitative estimate of drug-likeness (QED) is 0.372. The smallest absolute Gasteiger partial charge is 0.194 e. The SMILES string of the molecule is CCNC(=NCc1cnn(-c2ccc(Cl)cc2)c1)N1CCC(OCCCOC)CC1. The number of rotatable bonds is 9. The lowest BCUT2D eigenvalue weighted by Gasteiger charge is -2.34. The van der Waals surface area contributed by atoms with E-state index in [0.717, 1.165) is 74.3 Å². The highest BCUT2D eigenvalue weighted by Gasteiger charge is 2.21. The Labute approximate surface area is 184 Å². The molecule has 164 valence electrons. The molecule has 2 heterocycles. The summed E-state index contributed by atoms with van der Waals surface area (Å²) in [4.78, 5) is 7.16. The van der Waals surface area contributed by atoms with Gasteiger partial charge in [0.2, 0.25) is 0 Å². The van der Waals surface area contributed by atoms with Gasteiger partial charge in [-0.25, -0.2) is 9.67 Å². The Balaban J connectivity index is 1.53. The number of guanidine groups is 1. The van der Waals surface area contributed by atoms with Crippen LogP contribution < -0.4 is 5.32 Å². The van der Waals surface area contributed by atoms with Crippen LogP contribution in [-0.2, 0) is 16.0 Å². The summed E-state index contributed by atoms with van der Waals surface area (Å²) >= 11 is 5.97. The number of benzene rings is 1. The van der Waals surface area contributed by atoms with Gasteiger partial charge in [0.05, 0.1) is 24.5 Å². The van der Waals surface area contributed by atoms with Crippen molar-refractivity contribution in [2.24, 2.45) is 4.99 Å². The number of likely N-dealkylation sites (tertiary alicyclic amines) is 1. The van der Waals surface area contributed by atoms with Crippen LogP contribution in [-0.4, -0.2) is 66.7 Å². The summed E-state index contributed by atoms with van der Waals surface area (Å²) in [6.45, 7) is 6.95. The van der Waals surface area contributed by atoms with E-state index in [0.29, 0.717) is 12.6 Å². The average Bonchev–Trinajstić information content (AvgIpc) is 3.24. The Hall–Kier alpha value is -2.09. The van der Waals surface area contributed by atoms with Crippen molar-refractivity contribution in [1.29, 1.82) is 0 Å². The van der Waals surface area contributed by atoms with Gasteiger partial charge in [-0.1, -0.05) is 11.6 Å². The molecule has 0 amide bonds. The van der Waals surface area contributed by atoms with Crippen molar-refractivity contribution in [1.82, 2.24) is 20.0 Å². The molecule has 1 saturated heterocycles. The number of hydrogen-bond acceptors (Lipinski definition) is 4. The van der Waals surface area contributed by atoms with Crippen LogP contribution in [0.2, 0.25) is 5.02 Å². The fraction of sp³-hybridized carbons (Fsp3) is 0.545. The van der Waals surface area contributed by atoms with Gasteiger partial charge in [-0.3, -0.25) is 0 Å². The van der Waals surface area contributed by atoms with E-state index in [9.17, 15) is 0 Å². The monoisotopic (exact) mass is 433 g/mol. The molecule has 1 fully saturated rings. The van der Waals surface area contributed by atoms with Gasteiger partial charge in [-0.05, 0) is 50.5 Å². The number of nitrogens with zero attached hydrogens (tertiary/aromatic N) is 4. The van der Waals surface area contributed by atoms with Crippen molar-refractivity contribution in [2.75, 3.05) is 40.0 Å². The molecular weight excluding hydrogens is 402 g/mol. The second-order valence-corrected chi connectivity index (χ2v) is 7.78. The van der Waals surface area contributed by atoms with Crippen molar-refractivity contribution >= 4 is 17.6 Å². The fourth-order valence-electron chi connectivity index (χ4n) is 3.46. The van der Waals surface area contributed by atoms with Crippen molar-refractivity contribution in [3.05, 3.63) is 47.2 Å². The highest BCUT2D eigenvalue weighted by atomic mass is 35.5. The van der Waals surface area contributed by atoms with Gasteiger partial charge in [0.25, 0.3) is 0 Å². The summed E-state index contributed by atoms with van der Waals surface area (Å²) in [7, 11) is 1.72. The predicted molar refractivity (Wildman–Crippen MR) is 120 cm³/mol. The Morgan fingerprint density at radius 1 is 1.23 bits per heavy atom. The van der Waals surface area contributed by atoms with Crippen LogP contribution >= 0.6 is 11.6 Å². The zero-order valence-electron chi connectivity index (χ0n) is 17.9. The maximum absolute atomic E-state index is 5.97. The first kappa shape index (κ1) is 22.6. The van der Waals surface area contributed by atoms with Crippen LogP contribution in [0.25, 0.3) is 5.69 Å². The molecule has 0 atom stereocenters. The number of aliphatic imine (C=N–C) groups is 1. The number of methoxy groups -OCH3 is 1. The topological polar surface area (TPSA) is 63.9 Å². The highest BCUT2D eigenvalue weighted by molar-refractivity contribution is 6.30. The molecule has 1 N–H and O–H groups in total. The standard InChI is InChI=1S/C22H32ClN5O2/c1-3-24-22(27-11-9-21(10-12-27)30-14-4-13-29-2)25-15-18-16-26-28(17-18)20-7-5-19(23)6-8-20/h5-8,16-17,21H,3-4,9-15H2,1-2H3,(H,24,25). The minimum absolute atomic E-state index is 0.332. The van der Waals surface area contributed by atoms with Gasteiger partial charge in [0, 0.05) is 56.7 Å². The molecule has 1 aromatic carbocycles. The molecule has 0 aliphatic carbocycles. The molecule has 0 spiro atoms. The van der Waals surface area contributed by atoms with E-state index >= 15 is 0 Å². The van der Waals surface area contributed by atoms with Crippen LogP contribution in [0.4, 0.5) is 0 Å². The highest BCUT2D eigenvalue weighted by Crippen LogP contribution is 2.16. The minimum Gasteiger partial charge on any atom is -0.385 e. The Morgan fingerprint density at radius 3 is 2.70 bits per heavy atom. The number of piperidine rings is 1. The lowest BCUT2D eigenvalue weighted by atomic mass is 10.1. The second-order valence-electron chi connectivity index (χ2n) is 7.34. The molecule has 0 saturated carbocycles. The van der Waals surface area contributed by atoms with E-state index < -0.39 is 0 Å². The summed E-state index contributed by atoms with van der Waals surface area (Å²) in [6, 6.07) is 7.64. The van der Waals surface area contributed by atoms with E-state index in [-0.39, 0.29) is 0 Å². The fourth-order valence-corrected chi connectivity index (χ4v) is 3.58. The molecule has 0 bridgehead atoms. The first-order valence-electron chi connectivity index (χ1n) is 10.6. The third-order valence-electron chi connectivity index (χ3n) is 5.06. The van der Waals surface area contributed by atoms with Gasteiger partial charge in [0.15, 0.2) is 5.96 Å². The number of hydrogen-bond donors (Lipinski definition) is 1. The summed E-state index contributed by atoms with van der Waals surface area (Å²) in [5.41, 5.74) is 2.05. The van der Waals surface area contributed by atoms with Gasteiger partial charge in [-0.2, -0.15) is 5.10 Å². The maximum Gasteiger partial charge on any atom is 0.194 e. The van der Waals surface area contributed by atoms with E-state index in [1.54, 1.807) is 7.11 Å². The summed E-state index contributed by atoms with van der Waals surface area (Å²) in [5.74, 6) is 0.953. The van der Waals surface area contributed by atoms with Gasteiger partial charge in [0.1, 0.15) is 0 Å². The molecule has 7 nitrogen and oxygen atoms in total. The summed E-state index contributed by atoms with van der Waals surface area (Å²) in [5, 5.41) is 8.59. The molecule has 1 aliphatic heterocycles. The first-order chi connectivity index (χ1) is 14.7. The zero-order valence-corrected chi connectivity index (χ0v) is 18.6. The first-order valence-corrected chi connectivity index (χ1v) is 11.0. The normalized spacial score (nSPS) is 15.6. The number of nitrogens with one attached hydrogen (secondary N) is 1. The Morgan fingerprint density at radius 2 is 2.00 bits per heavy atom. The van der Waals surface area contributed by atoms with Crippen molar-refractivity contribution < 1.29 is 9.47 Å². The third-order valence-corrected chi connectivity index (χ3v) is 5.31.